The molecule has 0 radical (unpaired) electrons. The smallest absolute Gasteiger partial charge is 0.138 e. The summed E-state index contributed by atoms with van der Waals surface area (Å²) in [6.07, 6.45) is 0. The molecule has 2 aliphatic carbocycles. The Kier molecular flexibility index (Phi) is 5.66. The normalized spacial score (nSPS) is 14.8. The average Bonchev–Trinajstić information content (AvgIpc) is 3.71. The van der Waals surface area contributed by atoms with Crippen LogP contribution in [0.25, 0.3) is 43.4 Å². The van der Waals surface area contributed by atoms with Gasteiger partial charge in [-0.1, -0.05) is 159 Å². The summed E-state index contributed by atoms with van der Waals surface area (Å²) >= 11 is 1.64. The number of benzene rings is 6. The number of hydrogen-bond donors (Lipinski definition) is 0. The Morgan fingerprint density at radius 1 is 0.400 bits per heavy atom. The van der Waals surface area contributed by atoms with Crippen molar-refractivity contribution in [3.63, 3.8) is 0 Å². The molecule has 3 heteroatoms. The number of hydrogen-bond acceptors (Lipinski definition) is 3. The van der Waals surface area contributed by atoms with Crippen LogP contribution in [0.15, 0.2) is 146 Å². The number of rotatable bonds is 3. The van der Waals surface area contributed by atoms with Gasteiger partial charge >= 0.3 is 0 Å². The standard InChI is InChI=1S/C42H30N2S/c1-41(2)35-21-10-11-22-37(35)42(33-19-8-6-17-31(33)32-18-7-9-20-34(32)42)38-26-29(23-24-36(38)41)28-15-12-16-30(25-28)40-44-43-39(45-40)27-13-4-3-5-14-27/h3-26H,1-2H3. The van der Waals surface area contributed by atoms with E-state index >= 15 is 0 Å². The minimum atomic E-state index is -0.397. The van der Waals surface area contributed by atoms with Crippen LogP contribution < -0.4 is 0 Å². The molecule has 0 bridgehead atoms. The minimum Gasteiger partial charge on any atom is -0.138 e. The van der Waals surface area contributed by atoms with Crippen LogP contribution in [0.2, 0.25) is 0 Å². The quantitative estimate of drug-likeness (QED) is 0.203. The monoisotopic (exact) mass is 594 g/mol. The third-order valence-corrected chi connectivity index (χ3v) is 11.0. The Bertz CT molecular complexity index is 2210. The van der Waals surface area contributed by atoms with E-state index < -0.39 is 5.41 Å². The van der Waals surface area contributed by atoms with Crippen molar-refractivity contribution in [1.82, 2.24) is 10.2 Å². The molecule has 0 saturated heterocycles. The van der Waals surface area contributed by atoms with Crippen LogP contribution in [-0.4, -0.2) is 10.2 Å². The van der Waals surface area contributed by atoms with Gasteiger partial charge in [-0.05, 0) is 67.8 Å². The highest BCUT2D eigenvalue weighted by Crippen LogP contribution is 2.62. The first-order chi connectivity index (χ1) is 22.1. The van der Waals surface area contributed by atoms with E-state index in [4.69, 9.17) is 0 Å². The lowest BCUT2D eigenvalue weighted by molar-refractivity contribution is 0.563. The zero-order valence-electron chi connectivity index (χ0n) is 25.2. The zero-order valence-corrected chi connectivity index (χ0v) is 26.0. The first-order valence-corrected chi connectivity index (χ1v) is 16.3. The van der Waals surface area contributed by atoms with Crippen molar-refractivity contribution in [3.8, 4) is 43.4 Å². The molecule has 214 valence electrons. The van der Waals surface area contributed by atoms with Gasteiger partial charge in [0.05, 0.1) is 5.41 Å². The van der Waals surface area contributed by atoms with Crippen molar-refractivity contribution < 1.29 is 0 Å². The summed E-state index contributed by atoms with van der Waals surface area (Å²) < 4.78 is 0. The van der Waals surface area contributed by atoms with Crippen molar-refractivity contribution in [3.05, 3.63) is 179 Å². The van der Waals surface area contributed by atoms with Gasteiger partial charge in [-0.2, -0.15) is 0 Å². The van der Waals surface area contributed by atoms with Crippen LogP contribution in [0.3, 0.4) is 0 Å². The Balaban J connectivity index is 1.26. The molecule has 0 saturated carbocycles. The molecule has 9 rings (SSSR count). The third kappa shape index (κ3) is 3.68. The second-order valence-corrected chi connectivity index (χ2v) is 13.6. The summed E-state index contributed by atoms with van der Waals surface area (Å²) in [6, 6.07) is 53.4. The van der Waals surface area contributed by atoms with E-state index in [2.05, 4.69) is 151 Å². The van der Waals surface area contributed by atoms with Crippen molar-refractivity contribution in [2.75, 3.05) is 0 Å². The van der Waals surface area contributed by atoms with Gasteiger partial charge in [0.15, 0.2) is 0 Å². The lowest BCUT2D eigenvalue weighted by atomic mass is 9.55. The third-order valence-electron chi connectivity index (χ3n) is 9.94. The second kappa shape index (κ2) is 9.69. The molecule has 1 aromatic heterocycles. The molecule has 1 heterocycles. The van der Waals surface area contributed by atoms with E-state index in [1.54, 1.807) is 11.3 Å². The van der Waals surface area contributed by atoms with Gasteiger partial charge in [-0.25, -0.2) is 0 Å². The summed E-state index contributed by atoms with van der Waals surface area (Å²) in [7, 11) is 0. The van der Waals surface area contributed by atoms with Gasteiger partial charge in [0.1, 0.15) is 10.0 Å². The molecule has 45 heavy (non-hydrogen) atoms. The highest BCUT2D eigenvalue weighted by Gasteiger charge is 2.53. The number of aromatic nitrogens is 2. The Labute approximate surface area is 267 Å². The summed E-state index contributed by atoms with van der Waals surface area (Å²) in [5.41, 5.74) is 14.9. The first kappa shape index (κ1) is 26.3. The van der Waals surface area contributed by atoms with E-state index in [1.165, 1.54) is 55.6 Å². The van der Waals surface area contributed by atoms with Crippen LogP contribution >= 0.6 is 11.3 Å². The van der Waals surface area contributed by atoms with Gasteiger partial charge in [0.2, 0.25) is 0 Å². The van der Waals surface area contributed by atoms with Crippen LogP contribution in [0.5, 0.6) is 0 Å². The highest BCUT2D eigenvalue weighted by molar-refractivity contribution is 7.17. The van der Waals surface area contributed by atoms with Crippen molar-refractivity contribution in [1.29, 1.82) is 0 Å². The molecule has 0 aliphatic heterocycles. The molecule has 0 unspecified atom stereocenters. The van der Waals surface area contributed by atoms with Crippen molar-refractivity contribution in [2.24, 2.45) is 0 Å². The van der Waals surface area contributed by atoms with E-state index in [0.29, 0.717) is 0 Å². The fourth-order valence-electron chi connectivity index (χ4n) is 7.91. The molecule has 0 N–H and O–H groups in total. The van der Waals surface area contributed by atoms with E-state index in [-0.39, 0.29) is 5.41 Å². The largest absolute Gasteiger partial charge is 0.148 e. The molecule has 7 aromatic rings. The van der Waals surface area contributed by atoms with Gasteiger partial charge in [0.25, 0.3) is 0 Å². The topological polar surface area (TPSA) is 25.8 Å². The summed E-state index contributed by atoms with van der Waals surface area (Å²) in [6.45, 7) is 4.76. The van der Waals surface area contributed by atoms with Gasteiger partial charge in [-0.15, -0.1) is 10.2 Å². The highest BCUT2D eigenvalue weighted by atomic mass is 32.1. The number of nitrogens with zero attached hydrogens (tertiary/aromatic N) is 2. The molecule has 0 fully saturated rings. The van der Waals surface area contributed by atoms with Crippen LogP contribution in [0, 0.1) is 0 Å². The van der Waals surface area contributed by atoms with Crippen LogP contribution in [0.4, 0.5) is 0 Å². The molecular weight excluding hydrogens is 565 g/mol. The second-order valence-electron chi connectivity index (χ2n) is 12.6. The predicted octanol–water partition coefficient (Wildman–Crippen LogP) is 10.5. The van der Waals surface area contributed by atoms with E-state index in [9.17, 15) is 0 Å². The Morgan fingerprint density at radius 2 is 0.911 bits per heavy atom. The lowest BCUT2D eigenvalue weighted by Crippen LogP contribution is -2.40. The predicted molar refractivity (Wildman–Crippen MR) is 186 cm³/mol. The molecule has 1 spiro atoms. The Morgan fingerprint density at radius 3 is 1.62 bits per heavy atom. The maximum absolute atomic E-state index is 4.59. The maximum atomic E-state index is 4.59. The van der Waals surface area contributed by atoms with Crippen LogP contribution in [0.1, 0.15) is 47.2 Å². The fraction of sp³-hybridized carbons (Fsp3) is 0.0952. The number of fused-ring (bicyclic) bond motifs is 9. The molecule has 6 aromatic carbocycles. The first-order valence-electron chi connectivity index (χ1n) is 15.5. The molecule has 0 atom stereocenters. The molecule has 2 aliphatic rings. The van der Waals surface area contributed by atoms with E-state index in [1.807, 2.05) is 18.2 Å². The summed E-state index contributed by atoms with van der Waals surface area (Å²) in [4.78, 5) is 0. The SMILES string of the molecule is CC1(C)c2ccccc2C2(c3ccccc3-c3ccccc32)c2cc(-c3cccc(-c4nnc(-c5ccccc5)s4)c3)ccc21. The fourth-order valence-corrected chi connectivity index (χ4v) is 8.75. The molecule has 0 amide bonds. The van der Waals surface area contributed by atoms with Crippen molar-refractivity contribution >= 4 is 11.3 Å². The zero-order chi connectivity index (χ0) is 30.2. The lowest BCUT2D eigenvalue weighted by Gasteiger charge is -2.46. The van der Waals surface area contributed by atoms with Crippen LogP contribution in [-0.2, 0) is 10.8 Å². The average molecular weight is 595 g/mol. The van der Waals surface area contributed by atoms with Gasteiger partial charge in [-0.3, -0.25) is 0 Å². The van der Waals surface area contributed by atoms with Gasteiger partial charge in [0, 0.05) is 16.5 Å². The minimum absolute atomic E-state index is 0.148. The molecule has 2 nitrogen and oxygen atoms in total. The summed E-state index contributed by atoms with van der Waals surface area (Å²) in [5, 5.41) is 11.0. The molecular formula is C42H30N2S. The Hall–Kier alpha value is -5.12. The van der Waals surface area contributed by atoms with Gasteiger partial charge < -0.3 is 0 Å². The maximum Gasteiger partial charge on any atom is 0.148 e. The van der Waals surface area contributed by atoms with E-state index in [0.717, 1.165) is 21.1 Å². The van der Waals surface area contributed by atoms with Crippen molar-refractivity contribution in [2.45, 2.75) is 24.7 Å². The summed E-state index contributed by atoms with van der Waals surface area (Å²) in [5.74, 6) is 0.